The first-order chi connectivity index (χ1) is 12.8. The summed E-state index contributed by atoms with van der Waals surface area (Å²) < 4.78 is 1.69. The highest BCUT2D eigenvalue weighted by atomic mass is 16.1. The summed E-state index contributed by atoms with van der Waals surface area (Å²) >= 11 is 0. The number of anilines is 1. The van der Waals surface area contributed by atoms with E-state index in [9.17, 15) is 4.79 Å². The zero-order valence-corrected chi connectivity index (χ0v) is 15.0. The zero-order chi connectivity index (χ0) is 17.5. The second-order valence-electron chi connectivity index (χ2n) is 8.07. The van der Waals surface area contributed by atoms with Crippen molar-refractivity contribution >= 4 is 5.95 Å². The van der Waals surface area contributed by atoms with E-state index >= 15 is 0 Å². The molecule has 0 atom stereocenters. The standard InChI is InChI=1S/C20H25N5O/c26-19-6-5-18(16-3-4-16)23-25(19)13-14-7-9-24(10-8-14)20-21-11-17(12-22-20)15-1-2-15/h5-6,11-12,14-16H,1-4,7-10,13H2. The molecule has 3 heterocycles. The predicted octanol–water partition coefficient (Wildman–Crippen LogP) is 2.70. The third-order valence-electron chi connectivity index (χ3n) is 5.92. The summed E-state index contributed by atoms with van der Waals surface area (Å²) in [5.41, 5.74) is 2.40. The Balaban J connectivity index is 1.20. The lowest BCUT2D eigenvalue weighted by Gasteiger charge is -2.32. The Kier molecular flexibility index (Phi) is 3.98. The summed E-state index contributed by atoms with van der Waals surface area (Å²) in [6.45, 7) is 2.63. The number of rotatable bonds is 5. The van der Waals surface area contributed by atoms with E-state index < -0.39 is 0 Å². The number of aromatic nitrogens is 4. The zero-order valence-electron chi connectivity index (χ0n) is 15.0. The van der Waals surface area contributed by atoms with E-state index in [1.165, 1.54) is 31.2 Å². The number of hydrogen-bond donors (Lipinski definition) is 0. The molecule has 3 fully saturated rings. The molecule has 6 heteroatoms. The number of nitrogens with zero attached hydrogens (tertiary/aromatic N) is 5. The molecule has 0 amide bonds. The van der Waals surface area contributed by atoms with Crippen molar-refractivity contribution in [2.75, 3.05) is 18.0 Å². The van der Waals surface area contributed by atoms with E-state index in [1.807, 2.05) is 18.5 Å². The van der Waals surface area contributed by atoms with Crippen LogP contribution < -0.4 is 10.5 Å². The predicted molar refractivity (Wildman–Crippen MR) is 99.4 cm³/mol. The minimum atomic E-state index is 0.0239. The molecule has 0 unspecified atom stereocenters. The molecular weight excluding hydrogens is 326 g/mol. The Labute approximate surface area is 153 Å². The quantitative estimate of drug-likeness (QED) is 0.829. The Morgan fingerprint density at radius 3 is 2.27 bits per heavy atom. The molecule has 5 rings (SSSR count). The average molecular weight is 351 g/mol. The van der Waals surface area contributed by atoms with Crippen LogP contribution in [0.25, 0.3) is 0 Å². The molecule has 2 saturated carbocycles. The number of piperidine rings is 1. The Bertz CT molecular complexity index is 830. The van der Waals surface area contributed by atoms with Crippen LogP contribution in [-0.2, 0) is 6.54 Å². The van der Waals surface area contributed by atoms with Crippen LogP contribution in [0.2, 0.25) is 0 Å². The molecule has 6 nitrogen and oxygen atoms in total. The minimum absolute atomic E-state index is 0.0239. The molecule has 0 N–H and O–H groups in total. The second-order valence-corrected chi connectivity index (χ2v) is 8.07. The third-order valence-corrected chi connectivity index (χ3v) is 5.92. The maximum Gasteiger partial charge on any atom is 0.266 e. The van der Waals surface area contributed by atoms with Crippen LogP contribution in [-0.4, -0.2) is 32.8 Å². The fourth-order valence-electron chi connectivity index (χ4n) is 3.87. The van der Waals surface area contributed by atoms with Crippen LogP contribution in [0.4, 0.5) is 5.95 Å². The summed E-state index contributed by atoms with van der Waals surface area (Å²) in [5, 5.41) is 4.60. The fraction of sp³-hybridized carbons (Fsp3) is 0.600. The average Bonchev–Trinajstić information content (AvgIpc) is 3.57. The molecule has 1 saturated heterocycles. The molecular formula is C20H25N5O. The van der Waals surface area contributed by atoms with Gasteiger partial charge >= 0.3 is 0 Å². The Hall–Kier alpha value is -2.24. The van der Waals surface area contributed by atoms with Gasteiger partial charge in [-0.25, -0.2) is 14.6 Å². The Morgan fingerprint density at radius 2 is 1.62 bits per heavy atom. The van der Waals surface area contributed by atoms with Gasteiger partial charge in [-0.15, -0.1) is 0 Å². The van der Waals surface area contributed by atoms with E-state index in [4.69, 9.17) is 0 Å². The largest absolute Gasteiger partial charge is 0.341 e. The normalized spacial score (nSPS) is 21.2. The van der Waals surface area contributed by atoms with Crippen molar-refractivity contribution in [1.29, 1.82) is 0 Å². The van der Waals surface area contributed by atoms with Crippen LogP contribution in [0, 0.1) is 5.92 Å². The summed E-state index contributed by atoms with van der Waals surface area (Å²) in [6, 6.07) is 3.59. The molecule has 3 aliphatic rings. The maximum atomic E-state index is 12.1. The van der Waals surface area contributed by atoms with Crippen LogP contribution in [0.5, 0.6) is 0 Å². The van der Waals surface area contributed by atoms with Gasteiger partial charge in [-0.3, -0.25) is 4.79 Å². The van der Waals surface area contributed by atoms with Crippen molar-refractivity contribution in [3.05, 3.63) is 46.1 Å². The highest BCUT2D eigenvalue weighted by Crippen LogP contribution is 2.39. The van der Waals surface area contributed by atoms with E-state index in [1.54, 1.807) is 10.7 Å². The van der Waals surface area contributed by atoms with Gasteiger partial charge in [0.25, 0.3) is 5.56 Å². The van der Waals surface area contributed by atoms with Crippen molar-refractivity contribution in [1.82, 2.24) is 19.7 Å². The van der Waals surface area contributed by atoms with Gasteiger partial charge in [-0.2, -0.15) is 5.10 Å². The minimum Gasteiger partial charge on any atom is -0.341 e. The van der Waals surface area contributed by atoms with E-state index in [0.717, 1.165) is 44.1 Å². The van der Waals surface area contributed by atoms with Gasteiger partial charge in [0.15, 0.2) is 0 Å². The molecule has 26 heavy (non-hydrogen) atoms. The highest BCUT2D eigenvalue weighted by Gasteiger charge is 2.27. The second kappa shape index (κ2) is 6.49. The molecule has 1 aliphatic heterocycles. The van der Waals surface area contributed by atoms with Crippen molar-refractivity contribution in [3.63, 3.8) is 0 Å². The number of hydrogen-bond acceptors (Lipinski definition) is 5. The maximum absolute atomic E-state index is 12.1. The molecule has 0 spiro atoms. The molecule has 2 aromatic rings. The third kappa shape index (κ3) is 3.37. The van der Waals surface area contributed by atoms with Gasteiger partial charge in [0.2, 0.25) is 5.95 Å². The monoisotopic (exact) mass is 351 g/mol. The first kappa shape index (κ1) is 16.0. The molecule has 2 aliphatic carbocycles. The van der Waals surface area contributed by atoms with Gasteiger partial charge in [-0.05, 0) is 62.0 Å². The molecule has 136 valence electrons. The van der Waals surface area contributed by atoms with Gasteiger partial charge in [0.05, 0.1) is 5.69 Å². The first-order valence-corrected chi connectivity index (χ1v) is 9.91. The lowest BCUT2D eigenvalue weighted by molar-refractivity contribution is 0.332. The van der Waals surface area contributed by atoms with Crippen molar-refractivity contribution < 1.29 is 0 Å². The van der Waals surface area contributed by atoms with Gasteiger partial charge in [-0.1, -0.05) is 0 Å². The van der Waals surface area contributed by atoms with E-state index in [2.05, 4.69) is 20.0 Å². The van der Waals surface area contributed by atoms with Crippen molar-refractivity contribution in [2.24, 2.45) is 5.92 Å². The fourth-order valence-corrected chi connectivity index (χ4v) is 3.87. The topological polar surface area (TPSA) is 63.9 Å². The first-order valence-electron chi connectivity index (χ1n) is 9.91. The van der Waals surface area contributed by atoms with Crippen molar-refractivity contribution in [2.45, 2.75) is 56.9 Å². The van der Waals surface area contributed by atoms with E-state index in [-0.39, 0.29) is 5.56 Å². The summed E-state index contributed by atoms with van der Waals surface area (Å²) in [7, 11) is 0. The van der Waals surface area contributed by atoms with Crippen LogP contribution in [0.1, 0.15) is 61.6 Å². The SMILES string of the molecule is O=c1ccc(C2CC2)nn1CC1CCN(c2ncc(C3CC3)cn2)CC1. The Morgan fingerprint density at radius 1 is 0.923 bits per heavy atom. The van der Waals surface area contributed by atoms with Gasteiger partial charge in [0.1, 0.15) is 0 Å². The smallest absolute Gasteiger partial charge is 0.266 e. The molecule has 0 aromatic carbocycles. The van der Waals surface area contributed by atoms with Gasteiger partial charge in [0, 0.05) is 44.0 Å². The van der Waals surface area contributed by atoms with E-state index in [0.29, 0.717) is 17.8 Å². The highest BCUT2D eigenvalue weighted by molar-refractivity contribution is 5.32. The summed E-state index contributed by atoms with van der Waals surface area (Å²) in [6.07, 6.45) is 11.1. The summed E-state index contributed by atoms with van der Waals surface area (Å²) in [4.78, 5) is 23.5. The molecule has 2 aromatic heterocycles. The van der Waals surface area contributed by atoms with Crippen LogP contribution in [0.15, 0.2) is 29.3 Å². The van der Waals surface area contributed by atoms with Crippen LogP contribution >= 0.6 is 0 Å². The van der Waals surface area contributed by atoms with Crippen LogP contribution in [0.3, 0.4) is 0 Å². The molecule has 0 bridgehead atoms. The lowest BCUT2D eigenvalue weighted by Crippen LogP contribution is -2.37. The summed E-state index contributed by atoms with van der Waals surface area (Å²) in [5.74, 6) is 2.63. The van der Waals surface area contributed by atoms with Gasteiger partial charge < -0.3 is 4.90 Å². The van der Waals surface area contributed by atoms with Crippen molar-refractivity contribution in [3.8, 4) is 0 Å². The lowest BCUT2D eigenvalue weighted by atomic mass is 9.97. The molecule has 0 radical (unpaired) electrons.